The van der Waals surface area contributed by atoms with Gasteiger partial charge in [0.15, 0.2) is 5.13 Å². The zero-order valence-electron chi connectivity index (χ0n) is 17.0. The van der Waals surface area contributed by atoms with E-state index in [2.05, 4.69) is 25.1 Å². The summed E-state index contributed by atoms with van der Waals surface area (Å²) < 4.78 is 0. The van der Waals surface area contributed by atoms with Crippen LogP contribution in [0.3, 0.4) is 0 Å². The lowest BCUT2D eigenvalue weighted by molar-refractivity contribution is -0.142. The molecule has 0 bridgehead atoms. The smallest absolute Gasteiger partial charge is 0.226 e. The predicted octanol–water partition coefficient (Wildman–Crippen LogP) is 2.97. The maximum atomic E-state index is 12.7. The molecule has 2 aliphatic rings. The number of terminal acetylenes is 1. The Morgan fingerprint density at radius 3 is 2.93 bits per heavy atom. The van der Waals surface area contributed by atoms with Gasteiger partial charge in [0.05, 0.1) is 18.3 Å². The first-order chi connectivity index (χ1) is 12.7. The second-order valence-corrected chi connectivity index (χ2v) is 9.69. The van der Waals surface area contributed by atoms with Crippen molar-refractivity contribution >= 4 is 22.4 Å². The average molecular weight is 390 g/mol. The zero-order valence-corrected chi connectivity index (χ0v) is 17.8. The highest BCUT2D eigenvalue weighted by atomic mass is 32.1. The van der Waals surface area contributed by atoms with Gasteiger partial charge in [0.1, 0.15) is 0 Å². The zero-order chi connectivity index (χ0) is 19.9. The molecule has 0 unspecified atom stereocenters. The summed E-state index contributed by atoms with van der Waals surface area (Å²) in [6.45, 7) is 6.72. The minimum Gasteiger partial charge on any atom is -0.392 e. The fourth-order valence-corrected chi connectivity index (χ4v) is 6.62. The second-order valence-electron chi connectivity index (χ2n) is 8.60. The average Bonchev–Trinajstić information content (AvgIpc) is 3.03. The third-order valence-corrected chi connectivity index (χ3v) is 7.96. The Bertz CT molecular complexity index is 755. The molecule has 5 nitrogen and oxygen atoms in total. The molecule has 0 radical (unpaired) electrons. The molecule has 3 rings (SSSR count). The van der Waals surface area contributed by atoms with E-state index < -0.39 is 6.10 Å². The van der Waals surface area contributed by atoms with Crippen molar-refractivity contribution in [1.29, 1.82) is 0 Å². The summed E-state index contributed by atoms with van der Waals surface area (Å²) in [5, 5.41) is 15.5. The monoisotopic (exact) mass is 389 g/mol. The highest BCUT2D eigenvalue weighted by Crippen LogP contribution is 2.57. The number of hydrogen-bond donors (Lipinski definition) is 2. The molecule has 2 aliphatic carbocycles. The molecule has 6 atom stereocenters. The van der Waals surface area contributed by atoms with E-state index in [1.807, 2.05) is 14.0 Å². The number of thiazole rings is 1. The van der Waals surface area contributed by atoms with Gasteiger partial charge in [-0.05, 0) is 36.5 Å². The molecule has 1 aromatic rings. The molecule has 0 spiro atoms. The summed E-state index contributed by atoms with van der Waals surface area (Å²) in [5.74, 6) is 2.57. The molecule has 1 aromatic heterocycles. The highest BCUT2D eigenvalue weighted by Gasteiger charge is 2.54. The van der Waals surface area contributed by atoms with Gasteiger partial charge >= 0.3 is 0 Å². The first-order valence-electron chi connectivity index (χ1n) is 9.77. The van der Waals surface area contributed by atoms with Crippen molar-refractivity contribution < 1.29 is 9.90 Å². The number of rotatable bonds is 4. The largest absolute Gasteiger partial charge is 0.392 e. The van der Waals surface area contributed by atoms with E-state index >= 15 is 0 Å². The summed E-state index contributed by atoms with van der Waals surface area (Å²) in [6.07, 6.45) is 7.69. The molecule has 1 fully saturated rings. The Kier molecular flexibility index (Phi) is 5.56. The van der Waals surface area contributed by atoms with Crippen LogP contribution >= 0.6 is 11.3 Å². The number of amides is 1. The van der Waals surface area contributed by atoms with Gasteiger partial charge < -0.3 is 15.3 Å². The fourth-order valence-electron chi connectivity index (χ4n) is 5.40. The lowest BCUT2D eigenvalue weighted by atomic mass is 9.53. The molecule has 1 heterocycles. The third-order valence-electron chi connectivity index (χ3n) is 6.87. The Labute approximate surface area is 166 Å². The highest BCUT2D eigenvalue weighted by molar-refractivity contribution is 7.15. The molecule has 27 heavy (non-hydrogen) atoms. The molecule has 0 saturated heterocycles. The van der Waals surface area contributed by atoms with Gasteiger partial charge in [0.25, 0.3) is 0 Å². The first kappa shape index (κ1) is 20.2. The van der Waals surface area contributed by atoms with E-state index in [0.717, 1.165) is 30.1 Å². The third kappa shape index (κ3) is 3.36. The molecule has 0 aromatic carbocycles. The lowest BCUT2D eigenvalue weighted by Gasteiger charge is -2.53. The van der Waals surface area contributed by atoms with Crippen molar-refractivity contribution in [3.05, 3.63) is 10.6 Å². The molecule has 148 valence electrons. The van der Waals surface area contributed by atoms with Gasteiger partial charge in [-0.25, -0.2) is 4.98 Å². The van der Waals surface area contributed by atoms with Crippen LogP contribution in [-0.2, 0) is 11.2 Å². The number of anilines is 1. The van der Waals surface area contributed by atoms with Gasteiger partial charge in [-0.15, -0.1) is 17.8 Å². The summed E-state index contributed by atoms with van der Waals surface area (Å²) in [4.78, 5) is 20.4. The number of aromatic nitrogens is 1. The van der Waals surface area contributed by atoms with Crippen LogP contribution in [0, 0.1) is 35.5 Å². The summed E-state index contributed by atoms with van der Waals surface area (Å²) in [5.41, 5.74) is 1.17. The van der Waals surface area contributed by atoms with Crippen LogP contribution in [0.15, 0.2) is 0 Å². The van der Waals surface area contributed by atoms with E-state index in [4.69, 9.17) is 11.4 Å². The molecule has 2 N–H and O–H groups in total. The number of hydrogen-bond acceptors (Lipinski definition) is 5. The van der Waals surface area contributed by atoms with Crippen molar-refractivity contribution in [1.82, 2.24) is 9.88 Å². The van der Waals surface area contributed by atoms with E-state index in [9.17, 15) is 9.90 Å². The first-order valence-corrected chi connectivity index (χ1v) is 10.6. The minimum atomic E-state index is -0.509. The number of aliphatic hydroxyl groups is 1. The van der Waals surface area contributed by atoms with Crippen LogP contribution in [0.1, 0.15) is 50.1 Å². The van der Waals surface area contributed by atoms with E-state index in [1.54, 1.807) is 23.3 Å². The molecule has 0 aliphatic heterocycles. The van der Waals surface area contributed by atoms with E-state index in [0.29, 0.717) is 6.54 Å². The van der Waals surface area contributed by atoms with Gasteiger partial charge in [0.2, 0.25) is 5.91 Å². The van der Waals surface area contributed by atoms with E-state index in [1.165, 1.54) is 4.88 Å². The predicted molar refractivity (Wildman–Crippen MR) is 110 cm³/mol. The summed E-state index contributed by atoms with van der Waals surface area (Å²) in [6, 6.07) is 0. The van der Waals surface area contributed by atoms with Crippen LogP contribution < -0.4 is 5.32 Å². The van der Waals surface area contributed by atoms with Crippen molar-refractivity contribution in [3.63, 3.8) is 0 Å². The summed E-state index contributed by atoms with van der Waals surface area (Å²) in [7, 11) is 3.64. The van der Waals surface area contributed by atoms with Crippen LogP contribution in [0.25, 0.3) is 0 Å². The number of nitrogens with zero attached hydrogens (tertiary/aromatic N) is 2. The van der Waals surface area contributed by atoms with Gasteiger partial charge in [-0.3, -0.25) is 4.79 Å². The molecular formula is C21H31N3O2S. The van der Waals surface area contributed by atoms with Gasteiger partial charge in [-0.2, -0.15) is 0 Å². The molecule has 1 saturated carbocycles. The Morgan fingerprint density at radius 2 is 2.30 bits per heavy atom. The Morgan fingerprint density at radius 1 is 1.59 bits per heavy atom. The Hall–Kier alpha value is -1.58. The van der Waals surface area contributed by atoms with Crippen LogP contribution in [0.5, 0.6) is 0 Å². The second kappa shape index (κ2) is 7.44. The normalized spacial score (nSPS) is 33.4. The fraction of sp³-hybridized carbons (Fsp3) is 0.714. The molecule has 1 amide bonds. The summed E-state index contributed by atoms with van der Waals surface area (Å²) >= 11 is 1.73. The number of nitrogens with one attached hydrogen (secondary N) is 1. The minimum absolute atomic E-state index is 0.0240. The quantitative estimate of drug-likeness (QED) is 0.777. The lowest BCUT2D eigenvalue weighted by Crippen LogP contribution is -2.53. The number of carbonyl (C=O) groups excluding carboxylic acids is 1. The van der Waals surface area contributed by atoms with Crippen molar-refractivity contribution in [2.45, 2.75) is 52.1 Å². The topological polar surface area (TPSA) is 65.5 Å². The van der Waals surface area contributed by atoms with E-state index in [-0.39, 0.29) is 35.0 Å². The number of aliphatic hydroxyl groups excluding tert-OH is 1. The molecular weight excluding hydrogens is 358 g/mol. The Balaban J connectivity index is 1.86. The number of carbonyl (C=O) groups is 1. The van der Waals surface area contributed by atoms with Crippen LogP contribution in [-0.4, -0.2) is 47.6 Å². The maximum Gasteiger partial charge on any atom is 0.226 e. The van der Waals surface area contributed by atoms with Crippen molar-refractivity contribution in [3.8, 4) is 12.3 Å². The SMILES string of the molecule is C#CCN(C)C(=O)[C@@H](C)[C@@H]1CC[C@@]2(C)Cc3sc(NC)nc3[C@@H](C)[C@@H]2[C@H]1O. The van der Waals surface area contributed by atoms with Crippen LogP contribution in [0.2, 0.25) is 0 Å². The number of fused-ring (bicyclic) bond motifs is 2. The molecule has 6 heteroatoms. The van der Waals surface area contributed by atoms with Crippen molar-refractivity contribution in [2.24, 2.45) is 23.2 Å². The standard InChI is InChI=1S/C21H31N3O2S/c1-7-10-24(6)19(26)12(2)14-8-9-21(4)11-15-17(23-20(22-5)27-15)13(3)16(21)18(14)25/h1,12-14,16,18,25H,8-11H2,2-6H3,(H,22,23)/t12-,13-,14-,16+,18-,21-/m0/s1. The van der Waals surface area contributed by atoms with Gasteiger partial charge in [0, 0.05) is 30.8 Å². The van der Waals surface area contributed by atoms with Gasteiger partial charge in [-0.1, -0.05) is 26.7 Å². The van der Waals surface area contributed by atoms with Crippen molar-refractivity contribution in [2.75, 3.05) is 26.0 Å². The van der Waals surface area contributed by atoms with Crippen LogP contribution in [0.4, 0.5) is 5.13 Å². The maximum absolute atomic E-state index is 12.7.